The van der Waals surface area contributed by atoms with E-state index in [2.05, 4.69) is 23.1 Å². The largest absolute Gasteiger partial charge is 0.377 e. The van der Waals surface area contributed by atoms with Crippen LogP contribution in [0.25, 0.3) is 0 Å². The molecule has 0 unspecified atom stereocenters. The molecule has 0 N–H and O–H groups in total. The number of carbonyl (C=O) groups is 1. The van der Waals surface area contributed by atoms with Gasteiger partial charge in [0.1, 0.15) is 0 Å². The number of amides is 1. The molecule has 2 saturated heterocycles. The van der Waals surface area contributed by atoms with Crippen molar-refractivity contribution in [3.63, 3.8) is 0 Å². The zero-order valence-electron chi connectivity index (χ0n) is 14.4. The topological polar surface area (TPSA) is 50.6 Å². The Morgan fingerprint density at radius 2 is 2.30 bits per heavy atom. The second kappa shape index (κ2) is 7.01. The maximum atomic E-state index is 11.9. The number of aryl methyl sites for hydroxylation is 1. The van der Waals surface area contributed by atoms with Crippen LogP contribution in [-0.4, -0.2) is 65.4 Å². The molecule has 3 rings (SSSR count). The predicted molar refractivity (Wildman–Crippen MR) is 87.8 cm³/mol. The minimum atomic E-state index is 0.111. The highest BCUT2D eigenvalue weighted by molar-refractivity contribution is 5.76. The van der Waals surface area contributed by atoms with E-state index in [-0.39, 0.29) is 12.0 Å². The van der Waals surface area contributed by atoms with Gasteiger partial charge in [-0.05, 0) is 25.8 Å². The monoisotopic (exact) mass is 320 g/mol. The number of aromatic nitrogens is 2. The van der Waals surface area contributed by atoms with Crippen LogP contribution in [0.3, 0.4) is 0 Å². The maximum absolute atomic E-state index is 11.9. The smallest absolute Gasteiger partial charge is 0.224 e. The van der Waals surface area contributed by atoms with Gasteiger partial charge in [-0.2, -0.15) is 5.10 Å². The third-order valence-corrected chi connectivity index (χ3v) is 5.17. The molecule has 23 heavy (non-hydrogen) atoms. The van der Waals surface area contributed by atoms with E-state index in [1.807, 2.05) is 25.0 Å². The van der Waals surface area contributed by atoms with Crippen molar-refractivity contribution in [3.8, 4) is 0 Å². The molecule has 1 aromatic heterocycles. The van der Waals surface area contributed by atoms with Crippen molar-refractivity contribution in [1.82, 2.24) is 19.6 Å². The fourth-order valence-corrected chi connectivity index (χ4v) is 3.79. The molecule has 6 heteroatoms. The molecule has 0 radical (unpaired) electrons. The Balaban J connectivity index is 1.53. The first-order valence-corrected chi connectivity index (χ1v) is 8.62. The minimum Gasteiger partial charge on any atom is -0.377 e. The lowest BCUT2D eigenvalue weighted by molar-refractivity contribution is -0.131. The zero-order valence-corrected chi connectivity index (χ0v) is 14.4. The fraction of sp³-hybridized carbons (Fsp3) is 0.765. The lowest BCUT2D eigenvalue weighted by Crippen LogP contribution is -2.41. The second-order valence-corrected chi connectivity index (χ2v) is 7.02. The number of nitrogens with zero attached hydrogens (tertiary/aromatic N) is 4. The summed E-state index contributed by atoms with van der Waals surface area (Å²) in [6.07, 6.45) is 5.87. The molecule has 0 saturated carbocycles. The predicted octanol–water partition coefficient (Wildman–Crippen LogP) is 1.22. The molecule has 1 aromatic rings. The molecule has 0 spiro atoms. The van der Waals surface area contributed by atoms with Crippen molar-refractivity contribution < 1.29 is 9.53 Å². The number of piperidine rings is 1. The number of ether oxygens (including phenoxy) is 1. The Morgan fingerprint density at radius 3 is 3.00 bits per heavy atom. The van der Waals surface area contributed by atoms with Gasteiger partial charge in [0.2, 0.25) is 5.91 Å². The average Bonchev–Trinajstić information content (AvgIpc) is 3.14. The summed E-state index contributed by atoms with van der Waals surface area (Å²) in [4.78, 5) is 16.1. The van der Waals surface area contributed by atoms with Gasteiger partial charge in [-0.1, -0.05) is 0 Å². The highest BCUT2D eigenvalue weighted by atomic mass is 16.5. The van der Waals surface area contributed by atoms with Crippen LogP contribution in [0.2, 0.25) is 0 Å². The molecule has 2 aliphatic heterocycles. The van der Waals surface area contributed by atoms with Gasteiger partial charge < -0.3 is 9.64 Å². The minimum absolute atomic E-state index is 0.111. The molecule has 128 valence electrons. The van der Waals surface area contributed by atoms with Crippen LogP contribution in [-0.2, 0) is 22.6 Å². The number of carbonyl (C=O) groups excluding carboxylic acids is 1. The second-order valence-electron chi connectivity index (χ2n) is 7.02. The van der Waals surface area contributed by atoms with Crippen LogP contribution in [0, 0.1) is 11.8 Å². The van der Waals surface area contributed by atoms with E-state index >= 15 is 0 Å². The molecular formula is C17H28N4O2. The first-order valence-electron chi connectivity index (χ1n) is 8.62. The molecular weight excluding hydrogens is 292 g/mol. The van der Waals surface area contributed by atoms with Crippen LogP contribution in [0.4, 0.5) is 0 Å². The van der Waals surface area contributed by atoms with Crippen LogP contribution in [0.1, 0.15) is 25.3 Å². The molecule has 2 fully saturated rings. The van der Waals surface area contributed by atoms with E-state index in [1.54, 1.807) is 4.90 Å². The summed E-state index contributed by atoms with van der Waals surface area (Å²) in [5, 5.41) is 4.35. The SMILES string of the molecule is CCn1cc(CN2CC[C@@H]3[C@@H](CO[C@H]3CC(=O)N(C)C)C2)cn1. The van der Waals surface area contributed by atoms with Gasteiger partial charge in [-0.3, -0.25) is 14.4 Å². The van der Waals surface area contributed by atoms with Crippen LogP contribution in [0.15, 0.2) is 12.4 Å². The zero-order chi connectivity index (χ0) is 16.4. The van der Waals surface area contributed by atoms with Crippen LogP contribution < -0.4 is 0 Å². The number of hydrogen-bond acceptors (Lipinski definition) is 4. The summed E-state index contributed by atoms with van der Waals surface area (Å²) >= 11 is 0. The summed E-state index contributed by atoms with van der Waals surface area (Å²) in [5.74, 6) is 1.27. The van der Waals surface area contributed by atoms with E-state index in [9.17, 15) is 4.79 Å². The average molecular weight is 320 g/mol. The number of hydrogen-bond donors (Lipinski definition) is 0. The Labute approximate surface area is 138 Å². The van der Waals surface area contributed by atoms with Crippen molar-refractivity contribution in [2.24, 2.45) is 11.8 Å². The van der Waals surface area contributed by atoms with Gasteiger partial charge in [-0.25, -0.2) is 0 Å². The van der Waals surface area contributed by atoms with E-state index in [0.29, 0.717) is 18.3 Å². The summed E-state index contributed by atoms with van der Waals surface area (Å²) < 4.78 is 7.93. The summed E-state index contributed by atoms with van der Waals surface area (Å²) in [5.41, 5.74) is 1.28. The molecule has 3 atom stereocenters. The third-order valence-electron chi connectivity index (χ3n) is 5.17. The van der Waals surface area contributed by atoms with Gasteiger partial charge >= 0.3 is 0 Å². The van der Waals surface area contributed by atoms with Crippen LogP contribution >= 0.6 is 0 Å². The highest BCUT2D eigenvalue weighted by Crippen LogP contribution is 2.36. The molecule has 2 aliphatic rings. The number of rotatable bonds is 5. The van der Waals surface area contributed by atoms with Gasteiger partial charge in [0.25, 0.3) is 0 Å². The van der Waals surface area contributed by atoms with E-state index in [1.165, 1.54) is 5.56 Å². The molecule has 6 nitrogen and oxygen atoms in total. The first kappa shape index (κ1) is 16.5. The maximum Gasteiger partial charge on any atom is 0.224 e. The quantitative estimate of drug-likeness (QED) is 0.818. The molecule has 0 bridgehead atoms. The van der Waals surface area contributed by atoms with E-state index < -0.39 is 0 Å². The fourth-order valence-electron chi connectivity index (χ4n) is 3.79. The van der Waals surface area contributed by atoms with Crippen molar-refractivity contribution >= 4 is 5.91 Å². The standard InChI is InChI=1S/C17H28N4O2/c1-4-21-10-13(8-18-21)9-20-6-5-15-14(11-20)12-23-16(15)7-17(22)19(2)3/h8,10,14-16H,4-7,9,11-12H2,1-3H3/t14-,15-,16+/m1/s1. The molecule has 1 amide bonds. The highest BCUT2D eigenvalue weighted by Gasteiger charge is 2.41. The van der Waals surface area contributed by atoms with Crippen molar-refractivity contribution in [2.75, 3.05) is 33.8 Å². The Hall–Kier alpha value is -1.40. The van der Waals surface area contributed by atoms with E-state index in [0.717, 1.165) is 39.2 Å². The Kier molecular flexibility index (Phi) is 5.02. The number of likely N-dealkylation sites (tertiary alicyclic amines) is 1. The lowest BCUT2D eigenvalue weighted by atomic mass is 9.83. The molecule has 0 aliphatic carbocycles. The van der Waals surface area contributed by atoms with Crippen molar-refractivity contribution in [1.29, 1.82) is 0 Å². The first-order chi connectivity index (χ1) is 11.1. The van der Waals surface area contributed by atoms with Gasteiger partial charge in [0, 0.05) is 51.4 Å². The van der Waals surface area contributed by atoms with Gasteiger partial charge in [0.15, 0.2) is 0 Å². The van der Waals surface area contributed by atoms with Gasteiger partial charge in [0.05, 0.1) is 25.3 Å². The van der Waals surface area contributed by atoms with Gasteiger partial charge in [-0.15, -0.1) is 0 Å². The molecule has 3 heterocycles. The Morgan fingerprint density at radius 1 is 1.48 bits per heavy atom. The normalized spacial score (nSPS) is 27.9. The lowest BCUT2D eigenvalue weighted by Gasteiger charge is -2.35. The van der Waals surface area contributed by atoms with E-state index in [4.69, 9.17) is 4.74 Å². The summed E-state index contributed by atoms with van der Waals surface area (Å²) in [7, 11) is 3.63. The number of fused-ring (bicyclic) bond motifs is 1. The molecule has 0 aromatic carbocycles. The summed E-state index contributed by atoms with van der Waals surface area (Å²) in [6.45, 7) is 6.92. The summed E-state index contributed by atoms with van der Waals surface area (Å²) in [6, 6.07) is 0. The third kappa shape index (κ3) is 3.75. The van der Waals surface area contributed by atoms with Crippen molar-refractivity contribution in [2.45, 2.75) is 39.0 Å². The van der Waals surface area contributed by atoms with Crippen LogP contribution in [0.5, 0.6) is 0 Å². The van der Waals surface area contributed by atoms with Crippen molar-refractivity contribution in [3.05, 3.63) is 18.0 Å². The Bertz CT molecular complexity index is 542.